The Hall–Kier alpha value is -7.39. The van der Waals surface area contributed by atoms with Gasteiger partial charge in [-0.3, -0.25) is 0 Å². The highest BCUT2D eigenvalue weighted by molar-refractivity contribution is 6.11. The molecule has 0 aliphatic rings. The van der Waals surface area contributed by atoms with Crippen LogP contribution in [0.15, 0.2) is 152 Å². The van der Waals surface area contributed by atoms with Crippen molar-refractivity contribution >= 4 is 49.3 Å². The van der Waals surface area contributed by atoms with E-state index in [9.17, 15) is 10.5 Å². The van der Waals surface area contributed by atoms with Crippen LogP contribution in [-0.4, -0.2) is 9.13 Å². The summed E-state index contributed by atoms with van der Waals surface area (Å²) in [5.74, 6) is 0. The molecule has 0 saturated carbocycles. The van der Waals surface area contributed by atoms with Crippen molar-refractivity contribution < 1.29 is 0 Å². The molecular weight excluding hydrogens is 611 g/mol. The molecule has 0 aliphatic carbocycles. The summed E-state index contributed by atoms with van der Waals surface area (Å²) in [6, 6.07) is 55.5. The standard InChI is InChI=1S/C45H25N5/c1-48-32-21-22-34(45(26-32)50-40-16-5-2-12-35(40)36-13-3-6-17-41(36)50)31-11-8-10-30(25-31)33-15-9-19-43(39(33)28-47)49-42-18-7-4-14-37(42)38-24-29(27-46)20-23-44(38)49/h2-26H. The molecule has 5 heteroatoms. The van der Waals surface area contributed by atoms with Gasteiger partial charge in [0.25, 0.3) is 0 Å². The van der Waals surface area contributed by atoms with Crippen LogP contribution in [0.3, 0.4) is 0 Å². The van der Waals surface area contributed by atoms with E-state index < -0.39 is 0 Å². The van der Waals surface area contributed by atoms with Gasteiger partial charge in [0, 0.05) is 38.4 Å². The number of benzene rings is 7. The van der Waals surface area contributed by atoms with Gasteiger partial charge in [-0.1, -0.05) is 97.1 Å². The first kappa shape index (κ1) is 28.8. The van der Waals surface area contributed by atoms with E-state index in [0.29, 0.717) is 16.8 Å². The fraction of sp³-hybridized carbons (Fsp3) is 0. The van der Waals surface area contributed by atoms with Crippen molar-refractivity contribution in [3.63, 3.8) is 0 Å². The van der Waals surface area contributed by atoms with Crippen LogP contribution in [0.25, 0.3) is 82.1 Å². The molecule has 2 heterocycles. The fourth-order valence-corrected chi connectivity index (χ4v) is 7.44. The van der Waals surface area contributed by atoms with Gasteiger partial charge in [0.2, 0.25) is 0 Å². The van der Waals surface area contributed by atoms with Crippen molar-refractivity contribution in [2.75, 3.05) is 0 Å². The van der Waals surface area contributed by atoms with Gasteiger partial charge in [-0.2, -0.15) is 10.5 Å². The molecule has 2 aromatic heterocycles. The molecule has 5 nitrogen and oxygen atoms in total. The molecule has 0 atom stereocenters. The molecule has 9 rings (SSSR count). The fourth-order valence-electron chi connectivity index (χ4n) is 7.44. The number of aromatic nitrogens is 2. The van der Waals surface area contributed by atoms with Gasteiger partial charge in [-0.15, -0.1) is 0 Å². The van der Waals surface area contributed by atoms with Gasteiger partial charge < -0.3 is 9.13 Å². The summed E-state index contributed by atoms with van der Waals surface area (Å²) in [6.07, 6.45) is 0. The minimum absolute atomic E-state index is 0.558. The van der Waals surface area contributed by atoms with Crippen molar-refractivity contribution in [1.29, 1.82) is 10.5 Å². The van der Waals surface area contributed by atoms with Gasteiger partial charge >= 0.3 is 0 Å². The smallest absolute Gasteiger partial charge is 0.189 e. The Kier molecular flexibility index (Phi) is 6.56. The maximum Gasteiger partial charge on any atom is 0.189 e. The molecule has 50 heavy (non-hydrogen) atoms. The quantitative estimate of drug-likeness (QED) is 0.181. The minimum Gasteiger partial charge on any atom is -0.310 e. The Morgan fingerprint density at radius 1 is 0.460 bits per heavy atom. The molecule has 0 N–H and O–H groups in total. The lowest BCUT2D eigenvalue weighted by Crippen LogP contribution is -2.00. The Morgan fingerprint density at radius 2 is 1.04 bits per heavy atom. The van der Waals surface area contributed by atoms with Crippen LogP contribution in [0.2, 0.25) is 0 Å². The number of nitrogens with zero attached hydrogens (tertiary/aromatic N) is 5. The molecule has 0 spiro atoms. The average molecular weight is 636 g/mol. The van der Waals surface area contributed by atoms with E-state index in [1.165, 1.54) is 0 Å². The molecular formula is C45H25N5. The van der Waals surface area contributed by atoms with Gasteiger partial charge in [0.15, 0.2) is 5.69 Å². The third kappa shape index (κ3) is 4.31. The average Bonchev–Trinajstić information content (AvgIpc) is 3.70. The van der Waals surface area contributed by atoms with Gasteiger partial charge in [-0.05, 0) is 65.7 Å². The summed E-state index contributed by atoms with van der Waals surface area (Å²) in [6.45, 7) is 7.83. The second-order valence-electron chi connectivity index (χ2n) is 12.3. The van der Waals surface area contributed by atoms with E-state index in [-0.39, 0.29) is 0 Å². The van der Waals surface area contributed by atoms with E-state index in [0.717, 1.165) is 77.2 Å². The molecule has 9 aromatic rings. The topological polar surface area (TPSA) is 61.8 Å². The van der Waals surface area contributed by atoms with E-state index in [1.54, 1.807) is 0 Å². The SMILES string of the molecule is [C-]#[N+]c1ccc(-c2cccc(-c3cccc(-n4c5ccccc5c5cc(C#N)ccc54)c3C#N)c2)c(-n2c3ccccc3c3ccccc32)c1. The zero-order valence-corrected chi connectivity index (χ0v) is 26.7. The Morgan fingerprint density at radius 3 is 1.68 bits per heavy atom. The van der Waals surface area contributed by atoms with Gasteiger partial charge in [-0.25, -0.2) is 4.85 Å². The Labute approximate surface area is 288 Å². The summed E-state index contributed by atoms with van der Waals surface area (Å²) in [5, 5.41) is 24.7. The van der Waals surface area contributed by atoms with Gasteiger partial charge in [0.05, 0.1) is 51.5 Å². The molecule has 0 amide bonds. The number of fused-ring (bicyclic) bond motifs is 6. The van der Waals surface area contributed by atoms with Crippen LogP contribution in [-0.2, 0) is 0 Å². The second-order valence-corrected chi connectivity index (χ2v) is 12.3. The van der Waals surface area contributed by atoms with Crippen molar-refractivity contribution in [1.82, 2.24) is 9.13 Å². The Bertz CT molecular complexity index is 2920. The maximum atomic E-state index is 10.8. The number of nitriles is 2. The first-order valence-electron chi connectivity index (χ1n) is 16.3. The molecule has 230 valence electrons. The van der Waals surface area contributed by atoms with Crippen LogP contribution in [0.4, 0.5) is 5.69 Å². The molecule has 0 bridgehead atoms. The zero-order valence-electron chi connectivity index (χ0n) is 26.7. The van der Waals surface area contributed by atoms with E-state index >= 15 is 0 Å². The van der Waals surface area contributed by atoms with Crippen LogP contribution >= 0.6 is 0 Å². The molecule has 0 fully saturated rings. The van der Waals surface area contributed by atoms with E-state index in [4.69, 9.17) is 6.57 Å². The normalized spacial score (nSPS) is 11.1. The van der Waals surface area contributed by atoms with Crippen LogP contribution in [0.1, 0.15) is 11.1 Å². The van der Waals surface area contributed by atoms with Crippen LogP contribution < -0.4 is 0 Å². The zero-order chi connectivity index (χ0) is 33.8. The van der Waals surface area contributed by atoms with Crippen molar-refractivity contribution in [3.8, 4) is 45.8 Å². The van der Waals surface area contributed by atoms with E-state index in [2.05, 4.69) is 86.8 Å². The lowest BCUT2D eigenvalue weighted by atomic mass is 9.94. The first-order chi connectivity index (χ1) is 24.7. The molecule has 0 aliphatic heterocycles. The monoisotopic (exact) mass is 635 g/mol. The summed E-state index contributed by atoms with van der Waals surface area (Å²) in [4.78, 5) is 3.79. The highest BCUT2D eigenvalue weighted by Crippen LogP contribution is 2.40. The molecule has 0 radical (unpaired) electrons. The van der Waals surface area contributed by atoms with Crippen LogP contribution in [0.5, 0.6) is 0 Å². The summed E-state index contributed by atoms with van der Waals surface area (Å²) >= 11 is 0. The summed E-state index contributed by atoms with van der Waals surface area (Å²) < 4.78 is 4.38. The number of rotatable bonds is 4. The van der Waals surface area contributed by atoms with E-state index in [1.807, 2.05) is 91.0 Å². The lowest BCUT2D eigenvalue weighted by molar-refractivity contribution is 1.17. The number of hydrogen-bond acceptors (Lipinski definition) is 2. The largest absolute Gasteiger partial charge is 0.310 e. The third-order valence-corrected chi connectivity index (χ3v) is 9.61. The second kappa shape index (κ2) is 11.4. The molecule has 7 aromatic carbocycles. The van der Waals surface area contributed by atoms with Crippen molar-refractivity contribution in [3.05, 3.63) is 174 Å². The highest BCUT2D eigenvalue weighted by atomic mass is 15.0. The third-order valence-electron chi connectivity index (χ3n) is 9.61. The lowest BCUT2D eigenvalue weighted by Gasteiger charge is -2.17. The minimum atomic E-state index is 0.558. The predicted molar refractivity (Wildman–Crippen MR) is 202 cm³/mol. The van der Waals surface area contributed by atoms with Crippen molar-refractivity contribution in [2.24, 2.45) is 0 Å². The Balaban J connectivity index is 1.26. The highest BCUT2D eigenvalue weighted by Gasteiger charge is 2.20. The number of hydrogen-bond donors (Lipinski definition) is 0. The van der Waals surface area contributed by atoms with Gasteiger partial charge in [0.1, 0.15) is 6.07 Å². The van der Waals surface area contributed by atoms with Crippen molar-refractivity contribution in [2.45, 2.75) is 0 Å². The predicted octanol–water partition coefficient (Wildman–Crippen LogP) is 11.5. The number of para-hydroxylation sites is 3. The summed E-state index contributed by atoms with van der Waals surface area (Å²) in [5.41, 5.74) is 11.2. The molecule has 0 saturated heterocycles. The first-order valence-corrected chi connectivity index (χ1v) is 16.3. The molecule has 0 unspecified atom stereocenters. The summed E-state index contributed by atoms with van der Waals surface area (Å²) in [7, 11) is 0. The van der Waals surface area contributed by atoms with Crippen LogP contribution in [0, 0.1) is 29.2 Å². The maximum absolute atomic E-state index is 10.8.